The highest BCUT2D eigenvalue weighted by Gasteiger charge is 2.21. The summed E-state index contributed by atoms with van der Waals surface area (Å²) in [4.78, 5) is 12.7. The van der Waals surface area contributed by atoms with Crippen molar-refractivity contribution < 1.29 is 13.2 Å². The van der Waals surface area contributed by atoms with Crippen molar-refractivity contribution in [1.29, 1.82) is 0 Å². The van der Waals surface area contributed by atoms with Crippen molar-refractivity contribution in [3.63, 3.8) is 0 Å². The summed E-state index contributed by atoms with van der Waals surface area (Å²) in [5.74, 6) is -0.232. The van der Waals surface area contributed by atoms with Crippen LogP contribution in [0.1, 0.15) is 21.5 Å². The van der Waals surface area contributed by atoms with Crippen LogP contribution in [0.5, 0.6) is 0 Å². The molecule has 0 spiro atoms. The van der Waals surface area contributed by atoms with Crippen LogP contribution in [0.2, 0.25) is 0 Å². The van der Waals surface area contributed by atoms with E-state index in [9.17, 15) is 13.2 Å². The number of carbonyl (C=O) groups is 1. The third-order valence-corrected chi connectivity index (χ3v) is 6.49. The van der Waals surface area contributed by atoms with Crippen LogP contribution in [0.4, 0.5) is 5.69 Å². The number of anilines is 1. The van der Waals surface area contributed by atoms with Gasteiger partial charge < -0.3 is 5.32 Å². The number of nitrogens with zero attached hydrogens (tertiary/aromatic N) is 1. The fourth-order valence-corrected chi connectivity index (χ4v) is 4.10. The van der Waals surface area contributed by atoms with Crippen molar-refractivity contribution in [3.05, 3.63) is 95.6 Å². The average Bonchev–Trinajstić information content (AvgIpc) is 2.74. The van der Waals surface area contributed by atoms with E-state index in [2.05, 4.69) is 5.32 Å². The third-order valence-electron chi connectivity index (χ3n) is 4.69. The van der Waals surface area contributed by atoms with Crippen LogP contribution in [0.15, 0.2) is 83.8 Å². The summed E-state index contributed by atoms with van der Waals surface area (Å²) >= 11 is 0. The maximum absolute atomic E-state index is 12.9. The normalized spacial score (nSPS) is 11.1. The van der Waals surface area contributed by atoms with E-state index < -0.39 is 10.0 Å². The van der Waals surface area contributed by atoms with Gasteiger partial charge in [0, 0.05) is 19.2 Å². The van der Waals surface area contributed by atoms with Crippen LogP contribution in [0.25, 0.3) is 0 Å². The van der Waals surface area contributed by atoms with E-state index in [-0.39, 0.29) is 10.8 Å². The number of hydrogen-bond acceptors (Lipinski definition) is 3. The highest BCUT2D eigenvalue weighted by atomic mass is 32.2. The highest BCUT2D eigenvalue weighted by molar-refractivity contribution is 7.92. The van der Waals surface area contributed by atoms with Gasteiger partial charge in [0.05, 0.1) is 10.6 Å². The maximum Gasteiger partial charge on any atom is 0.264 e. The number of nitrogens with one attached hydrogen (secondary N) is 1. The summed E-state index contributed by atoms with van der Waals surface area (Å²) in [6.45, 7) is 2.41. The summed E-state index contributed by atoms with van der Waals surface area (Å²) in [7, 11) is -2.21. The predicted octanol–water partition coefficient (Wildman–Crippen LogP) is 3.79. The van der Waals surface area contributed by atoms with Crippen LogP contribution in [0.3, 0.4) is 0 Å². The van der Waals surface area contributed by atoms with Crippen molar-refractivity contribution in [2.75, 3.05) is 17.9 Å². The first kappa shape index (κ1) is 20.6. The SMILES string of the molecule is Cc1ccc(S(=O)(=O)N(C)c2cccc(C(=O)NCCc3ccccc3)c2)cc1. The lowest BCUT2D eigenvalue weighted by atomic mass is 10.1. The Bertz CT molecular complexity index is 1080. The zero-order valence-electron chi connectivity index (χ0n) is 16.5. The molecule has 150 valence electrons. The highest BCUT2D eigenvalue weighted by Crippen LogP contribution is 2.23. The number of rotatable bonds is 7. The molecule has 0 aliphatic carbocycles. The Hall–Kier alpha value is -3.12. The Morgan fingerprint density at radius 3 is 2.31 bits per heavy atom. The van der Waals surface area contributed by atoms with E-state index in [1.54, 1.807) is 48.5 Å². The molecule has 3 rings (SSSR count). The summed E-state index contributed by atoms with van der Waals surface area (Å²) in [6.07, 6.45) is 0.730. The molecule has 0 fully saturated rings. The van der Waals surface area contributed by atoms with Crippen molar-refractivity contribution >= 4 is 21.6 Å². The number of benzene rings is 3. The minimum absolute atomic E-state index is 0.211. The van der Waals surface area contributed by atoms with Gasteiger partial charge in [-0.15, -0.1) is 0 Å². The largest absolute Gasteiger partial charge is 0.352 e. The van der Waals surface area contributed by atoms with Gasteiger partial charge >= 0.3 is 0 Å². The molecular formula is C23H24N2O3S. The molecule has 5 nitrogen and oxygen atoms in total. The van der Waals surface area contributed by atoms with Gasteiger partial charge in [-0.3, -0.25) is 9.10 Å². The minimum Gasteiger partial charge on any atom is -0.352 e. The van der Waals surface area contributed by atoms with E-state index in [1.165, 1.54) is 11.4 Å². The Balaban J connectivity index is 1.71. The van der Waals surface area contributed by atoms with Gasteiger partial charge in [-0.05, 0) is 49.2 Å². The van der Waals surface area contributed by atoms with Crippen LogP contribution in [-0.4, -0.2) is 27.9 Å². The van der Waals surface area contributed by atoms with Crippen LogP contribution >= 0.6 is 0 Å². The van der Waals surface area contributed by atoms with Crippen molar-refractivity contribution in [3.8, 4) is 0 Å². The predicted molar refractivity (Wildman–Crippen MR) is 116 cm³/mol. The zero-order valence-corrected chi connectivity index (χ0v) is 17.3. The summed E-state index contributed by atoms with van der Waals surface area (Å²) in [5, 5.41) is 2.88. The first-order chi connectivity index (χ1) is 13.9. The lowest BCUT2D eigenvalue weighted by molar-refractivity contribution is 0.0954. The monoisotopic (exact) mass is 408 g/mol. The topological polar surface area (TPSA) is 66.5 Å². The second kappa shape index (κ2) is 8.92. The van der Waals surface area contributed by atoms with E-state index in [4.69, 9.17) is 0 Å². The molecule has 0 saturated carbocycles. The Labute approximate surface area is 172 Å². The molecule has 0 atom stereocenters. The molecule has 0 bridgehead atoms. The Morgan fingerprint density at radius 2 is 1.62 bits per heavy atom. The molecule has 6 heteroatoms. The molecule has 0 aromatic heterocycles. The van der Waals surface area contributed by atoms with Gasteiger partial charge in [-0.1, -0.05) is 54.1 Å². The maximum atomic E-state index is 12.9. The molecule has 29 heavy (non-hydrogen) atoms. The molecule has 0 aliphatic heterocycles. The molecule has 0 unspecified atom stereocenters. The smallest absolute Gasteiger partial charge is 0.264 e. The number of carbonyl (C=O) groups excluding carboxylic acids is 1. The number of aryl methyl sites for hydroxylation is 1. The second-order valence-electron chi connectivity index (χ2n) is 6.83. The molecule has 3 aromatic rings. The van der Waals surface area contributed by atoms with Crippen LogP contribution in [-0.2, 0) is 16.4 Å². The molecule has 0 saturated heterocycles. The standard InChI is InChI=1S/C23H24N2O3S/c1-18-11-13-22(14-12-18)29(27,28)25(2)21-10-6-9-20(17-21)23(26)24-16-15-19-7-4-3-5-8-19/h3-14,17H,15-16H2,1-2H3,(H,24,26). The van der Waals surface area contributed by atoms with Crippen molar-refractivity contribution in [2.45, 2.75) is 18.2 Å². The molecule has 0 radical (unpaired) electrons. The molecule has 1 amide bonds. The summed E-state index contributed by atoms with van der Waals surface area (Å²) in [5.41, 5.74) is 2.98. The Kier molecular flexibility index (Phi) is 6.34. The molecule has 3 aromatic carbocycles. The first-order valence-electron chi connectivity index (χ1n) is 9.36. The zero-order chi connectivity index (χ0) is 20.9. The van der Waals surface area contributed by atoms with Gasteiger partial charge in [0.2, 0.25) is 0 Å². The molecule has 0 aliphatic rings. The van der Waals surface area contributed by atoms with E-state index >= 15 is 0 Å². The number of amides is 1. The van der Waals surface area contributed by atoms with Gasteiger partial charge in [-0.2, -0.15) is 0 Å². The van der Waals surface area contributed by atoms with Crippen molar-refractivity contribution in [2.24, 2.45) is 0 Å². The molecule has 1 N–H and O–H groups in total. The van der Waals surface area contributed by atoms with Gasteiger partial charge in [-0.25, -0.2) is 8.42 Å². The third kappa shape index (κ3) is 5.03. The van der Waals surface area contributed by atoms with E-state index in [0.29, 0.717) is 17.8 Å². The first-order valence-corrected chi connectivity index (χ1v) is 10.8. The lowest BCUT2D eigenvalue weighted by Crippen LogP contribution is -2.28. The quantitative estimate of drug-likeness (QED) is 0.647. The fourth-order valence-electron chi connectivity index (χ4n) is 2.92. The van der Waals surface area contributed by atoms with Gasteiger partial charge in [0.25, 0.3) is 15.9 Å². The average molecular weight is 409 g/mol. The van der Waals surface area contributed by atoms with Crippen LogP contribution < -0.4 is 9.62 Å². The van der Waals surface area contributed by atoms with Crippen molar-refractivity contribution in [1.82, 2.24) is 5.32 Å². The van der Waals surface area contributed by atoms with Gasteiger partial charge in [0.15, 0.2) is 0 Å². The van der Waals surface area contributed by atoms with E-state index in [0.717, 1.165) is 17.5 Å². The second-order valence-corrected chi connectivity index (χ2v) is 8.80. The number of hydrogen-bond donors (Lipinski definition) is 1. The number of sulfonamides is 1. The molecule has 0 heterocycles. The molecular weight excluding hydrogens is 384 g/mol. The lowest BCUT2D eigenvalue weighted by Gasteiger charge is -2.20. The summed E-state index contributed by atoms with van der Waals surface area (Å²) in [6, 6.07) is 23.2. The Morgan fingerprint density at radius 1 is 0.931 bits per heavy atom. The minimum atomic E-state index is -3.70. The van der Waals surface area contributed by atoms with Crippen LogP contribution in [0, 0.1) is 6.92 Å². The van der Waals surface area contributed by atoms with Gasteiger partial charge in [0.1, 0.15) is 0 Å². The van der Waals surface area contributed by atoms with E-state index in [1.807, 2.05) is 37.3 Å². The fraction of sp³-hybridized carbons (Fsp3) is 0.174. The summed E-state index contributed by atoms with van der Waals surface area (Å²) < 4.78 is 27.0.